The second-order valence-electron chi connectivity index (χ2n) is 6.95. The van der Waals surface area contributed by atoms with Crippen LogP contribution in [0.5, 0.6) is 0 Å². The van der Waals surface area contributed by atoms with E-state index in [2.05, 4.69) is 31.7 Å². The van der Waals surface area contributed by atoms with Gasteiger partial charge in [-0.15, -0.1) is 5.10 Å². The van der Waals surface area contributed by atoms with Gasteiger partial charge in [0.25, 0.3) is 0 Å². The van der Waals surface area contributed by atoms with E-state index in [9.17, 15) is 4.79 Å². The Morgan fingerprint density at radius 1 is 1.18 bits per heavy atom. The molecule has 0 saturated carbocycles. The van der Waals surface area contributed by atoms with Crippen LogP contribution >= 0.6 is 0 Å². The number of amides is 1. The number of aryl methyl sites for hydroxylation is 1. The highest BCUT2D eigenvalue weighted by Gasteiger charge is 2.12. The van der Waals surface area contributed by atoms with Gasteiger partial charge < -0.3 is 5.32 Å². The van der Waals surface area contributed by atoms with Gasteiger partial charge in [-0.2, -0.15) is 15.0 Å². The number of hydrogen-bond acceptors (Lipinski definition) is 5. The van der Waals surface area contributed by atoms with Crippen molar-refractivity contribution in [3.8, 4) is 11.1 Å². The van der Waals surface area contributed by atoms with Crippen molar-refractivity contribution in [2.45, 2.75) is 33.4 Å². The van der Waals surface area contributed by atoms with Gasteiger partial charge in [0.2, 0.25) is 5.91 Å². The van der Waals surface area contributed by atoms with E-state index in [0.29, 0.717) is 5.82 Å². The number of fused-ring (bicyclic) bond motifs is 1. The molecule has 28 heavy (non-hydrogen) atoms. The molecule has 8 heteroatoms. The van der Waals surface area contributed by atoms with Crippen LogP contribution in [-0.2, 0) is 11.3 Å². The van der Waals surface area contributed by atoms with E-state index >= 15 is 0 Å². The van der Waals surface area contributed by atoms with E-state index in [1.165, 1.54) is 6.20 Å². The van der Waals surface area contributed by atoms with Crippen LogP contribution < -0.4 is 5.32 Å². The van der Waals surface area contributed by atoms with E-state index in [0.717, 1.165) is 27.6 Å². The van der Waals surface area contributed by atoms with Crippen molar-refractivity contribution >= 4 is 22.6 Å². The van der Waals surface area contributed by atoms with Crippen LogP contribution in [0, 0.1) is 6.92 Å². The lowest BCUT2D eigenvalue weighted by atomic mass is 10.0. The van der Waals surface area contributed by atoms with Crippen LogP contribution in [0.4, 0.5) is 5.82 Å². The van der Waals surface area contributed by atoms with Gasteiger partial charge in [0.05, 0.1) is 24.0 Å². The number of nitrogens with one attached hydrogen (secondary N) is 1. The molecule has 8 nitrogen and oxygen atoms in total. The Morgan fingerprint density at radius 3 is 2.82 bits per heavy atom. The quantitative estimate of drug-likeness (QED) is 0.578. The molecule has 3 aromatic heterocycles. The maximum atomic E-state index is 12.3. The Hall–Kier alpha value is -3.55. The van der Waals surface area contributed by atoms with E-state index in [4.69, 9.17) is 0 Å². The van der Waals surface area contributed by atoms with E-state index in [1.54, 1.807) is 21.9 Å². The summed E-state index contributed by atoms with van der Waals surface area (Å²) in [6, 6.07) is 8.22. The minimum absolute atomic E-state index is 0.0938. The largest absolute Gasteiger partial charge is 0.306 e. The summed E-state index contributed by atoms with van der Waals surface area (Å²) >= 11 is 0. The first kappa shape index (κ1) is 17.8. The van der Waals surface area contributed by atoms with Crippen molar-refractivity contribution in [2.75, 3.05) is 5.32 Å². The molecule has 0 saturated heterocycles. The van der Waals surface area contributed by atoms with Crippen LogP contribution in [0.25, 0.3) is 22.0 Å². The first-order valence-electron chi connectivity index (χ1n) is 9.10. The fourth-order valence-corrected chi connectivity index (χ4v) is 3.07. The van der Waals surface area contributed by atoms with Crippen LogP contribution in [0.15, 0.2) is 49.1 Å². The number of hydrogen-bond donors (Lipinski definition) is 1. The Bertz CT molecular complexity index is 1140. The molecule has 142 valence electrons. The summed E-state index contributed by atoms with van der Waals surface area (Å²) in [5.74, 6) is 0.225. The van der Waals surface area contributed by atoms with Crippen molar-refractivity contribution < 1.29 is 4.79 Å². The minimum Gasteiger partial charge on any atom is -0.306 e. The summed E-state index contributed by atoms with van der Waals surface area (Å²) in [5.41, 5.74) is 4.08. The van der Waals surface area contributed by atoms with Crippen LogP contribution in [0.1, 0.15) is 25.5 Å². The van der Waals surface area contributed by atoms with E-state index in [1.807, 2.05) is 45.2 Å². The Kier molecular flexibility index (Phi) is 4.60. The normalized spacial score (nSPS) is 11.3. The molecule has 0 unspecified atom stereocenters. The third-order valence-corrected chi connectivity index (χ3v) is 4.46. The topological polar surface area (TPSA) is 90.5 Å². The molecule has 0 aliphatic carbocycles. The van der Waals surface area contributed by atoms with Crippen LogP contribution in [0.2, 0.25) is 0 Å². The summed E-state index contributed by atoms with van der Waals surface area (Å²) in [4.78, 5) is 18.3. The fourth-order valence-electron chi connectivity index (χ4n) is 3.07. The predicted molar refractivity (Wildman–Crippen MR) is 107 cm³/mol. The lowest BCUT2D eigenvalue weighted by Gasteiger charge is -2.06. The Labute approximate surface area is 162 Å². The summed E-state index contributed by atoms with van der Waals surface area (Å²) in [6.45, 7) is 6.08. The summed E-state index contributed by atoms with van der Waals surface area (Å²) < 4.78 is 1.61. The van der Waals surface area contributed by atoms with Gasteiger partial charge >= 0.3 is 0 Å². The van der Waals surface area contributed by atoms with Crippen molar-refractivity contribution in [1.29, 1.82) is 0 Å². The van der Waals surface area contributed by atoms with E-state index in [-0.39, 0.29) is 18.5 Å². The molecule has 0 spiro atoms. The number of rotatable bonds is 5. The lowest BCUT2D eigenvalue weighted by Crippen LogP contribution is -2.19. The van der Waals surface area contributed by atoms with Gasteiger partial charge in [0.1, 0.15) is 6.54 Å². The van der Waals surface area contributed by atoms with E-state index < -0.39 is 0 Å². The number of carbonyl (C=O) groups excluding carboxylic acids is 1. The number of benzene rings is 1. The first-order chi connectivity index (χ1) is 13.5. The fraction of sp³-hybridized carbons (Fsp3) is 0.250. The number of anilines is 1. The zero-order valence-corrected chi connectivity index (χ0v) is 16.0. The maximum Gasteiger partial charge on any atom is 0.247 e. The monoisotopic (exact) mass is 375 g/mol. The number of carbonyl (C=O) groups is 1. The van der Waals surface area contributed by atoms with Gasteiger partial charge in [0, 0.05) is 23.3 Å². The summed E-state index contributed by atoms with van der Waals surface area (Å²) in [7, 11) is 0. The highest BCUT2D eigenvalue weighted by molar-refractivity contribution is 5.96. The second kappa shape index (κ2) is 7.22. The van der Waals surface area contributed by atoms with Crippen molar-refractivity contribution in [2.24, 2.45) is 0 Å². The van der Waals surface area contributed by atoms with Crippen LogP contribution in [0.3, 0.4) is 0 Å². The molecule has 0 bridgehead atoms. The maximum absolute atomic E-state index is 12.3. The zero-order valence-electron chi connectivity index (χ0n) is 16.0. The molecule has 0 fully saturated rings. The summed E-state index contributed by atoms with van der Waals surface area (Å²) in [5, 5.41) is 16.5. The molecular formula is C20H21N7O. The van der Waals surface area contributed by atoms with Gasteiger partial charge in [-0.05, 0) is 38.0 Å². The third-order valence-electron chi connectivity index (χ3n) is 4.46. The average molecular weight is 375 g/mol. The predicted octanol–water partition coefficient (Wildman–Crippen LogP) is 3.22. The molecule has 0 radical (unpaired) electrons. The summed E-state index contributed by atoms with van der Waals surface area (Å²) in [6.07, 6.45) is 6.96. The first-order valence-corrected chi connectivity index (χ1v) is 9.10. The molecule has 1 N–H and O–H groups in total. The van der Waals surface area contributed by atoms with Gasteiger partial charge in [-0.3, -0.25) is 14.5 Å². The molecule has 1 amide bonds. The molecule has 0 aliphatic rings. The smallest absolute Gasteiger partial charge is 0.247 e. The molecule has 1 aromatic carbocycles. The van der Waals surface area contributed by atoms with Crippen LogP contribution in [-0.4, -0.2) is 35.7 Å². The number of nitrogens with zero attached hydrogens (tertiary/aromatic N) is 6. The molecule has 0 atom stereocenters. The lowest BCUT2D eigenvalue weighted by molar-refractivity contribution is -0.116. The number of aromatic nitrogens is 6. The standard InChI is InChI=1S/C20H21N7O/c1-13(2)27-23-10-18(25-27)24-19(28)12-26-11-15(9-22-26)16-7-6-14(3)20-17(16)5-4-8-21-20/h4-11,13H,12H2,1-3H3,(H,24,25,28). The van der Waals surface area contributed by atoms with Crippen molar-refractivity contribution in [1.82, 2.24) is 29.8 Å². The van der Waals surface area contributed by atoms with Gasteiger partial charge in [0.15, 0.2) is 5.82 Å². The van der Waals surface area contributed by atoms with Crippen molar-refractivity contribution in [3.63, 3.8) is 0 Å². The molecular weight excluding hydrogens is 354 g/mol. The third kappa shape index (κ3) is 3.48. The van der Waals surface area contributed by atoms with Gasteiger partial charge in [-0.1, -0.05) is 18.2 Å². The average Bonchev–Trinajstić information content (AvgIpc) is 3.32. The highest BCUT2D eigenvalue weighted by atomic mass is 16.2. The number of pyridine rings is 1. The Balaban J connectivity index is 1.52. The second-order valence-corrected chi connectivity index (χ2v) is 6.95. The zero-order chi connectivity index (χ0) is 19.7. The SMILES string of the molecule is Cc1ccc(-c2cnn(CC(=O)Nc3cnn(C(C)C)n3)c2)c2cccnc12. The minimum atomic E-state index is -0.208. The van der Waals surface area contributed by atoms with Gasteiger partial charge in [-0.25, -0.2) is 0 Å². The molecule has 4 rings (SSSR count). The molecule has 0 aliphatic heterocycles. The molecule has 4 aromatic rings. The highest BCUT2D eigenvalue weighted by Crippen LogP contribution is 2.29. The Morgan fingerprint density at radius 2 is 2.04 bits per heavy atom. The molecule has 3 heterocycles. The van der Waals surface area contributed by atoms with Crippen molar-refractivity contribution in [3.05, 3.63) is 54.6 Å².